The van der Waals surface area contributed by atoms with Crippen LogP contribution < -0.4 is 5.32 Å². The first-order valence-electron chi connectivity index (χ1n) is 8.91. The van der Waals surface area contributed by atoms with Crippen molar-refractivity contribution in [1.29, 1.82) is 0 Å². The molecule has 1 N–H and O–H groups in total. The molecule has 0 fully saturated rings. The second kappa shape index (κ2) is 9.13. The summed E-state index contributed by atoms with van der Waals surface area (Å²) in [5.41, 5.74) is 0.534. The number of halogens is 4. The van der Waals surface area contributed by atoms with E-state index in [9.17, 15) is 22.8 Å². The van der Waals surface area contributed by atoms with Crippen molar-refractivity contribution in [3.05, 3.63) is 71.0 Å². The van der Waals surface area contributed by atoms with Crippen LogP contribution in [0.25, 0.3) is 17.1 Å². The van der Waals surface area contributed by atoms with E-state index in [0.29, 0.717) is 22.8 Å². The molecule has 3 rings (SSSR count). The van der Waals surface area contributed by atoms with Gasteiger partial charge in [0.1, 0.15) is 0 Å². The number of hydrogen-bond acceptors (Lipinski definition) is 5. The van der Waals surface area contributed by atoms with Gasteiger partial charge >= 0.3 is 12.1 Å². The Bertz CT molecular complexity index is 1170. The Morgan fingerprint density at radius 1 is 1.16 bits per heavy atom. The molecule has 0 aliphatic carbocycles. The lowest BCUT2D eigenvalue weighted by Gasteiger charge is -2.14. The average molecular weight is 450 g/mol. The molecule has 0 saturated heterocycles. The van der Waals surface area contributed by atoms with Gasteiger partial charge in [-0.3, -0.25) is 9.78 Å². The molecular formula is C21H15ClF3N3O3. The van der Waals surface area contributed by atoms with Gasteiger partial charge in [-0.15, -0.1) is 0 Å². The first-order chi connectivity index (χ1) is 14.6. The number of nitrogens with zero attached hydrogens (tertiary/aromatic N) is 2. The van der Waals surface area contributed by atoms with Crippen LogP contribution >= 0.6 is 11.6 Å². The van der Waals surface area contributed by atoms with Crippen LogP contribution in [0.2, 0.25) is 5.02 Å². The predicted octanol–water partition coefficient (Wildman–Crippen LogP) is 4.89. The second-order valence-corrected chi connectivity index (χ2v) is 6.78. The standard InChI is InChI=1S/C21H15ClF3N3O3/c1-12(20(30)28-13-6-8-16(22)15(10-13)21(23,24)25)31-19(29)9-7-14-11-26-17-4-2-3-5-18(17)27-14/h2-12H,1H3,(H,28,30)/b9-7+. The fraction of sp³-hybridized carbons (Fsp3) is 0.143. The molecule has 1 heterocycles. The van der Waals surface area contributed by atoms with Crippen molar-refractivity contribution < 1.29 is 27.5 Å². The Kier molecular flexibility index (Phi) is 6.55. The number of carbonyl (C=O) groups excluding carboxylic acids is 2. The highest BCUT2D eigenvalue weighted by molar-refractivity contribution is 6.31. The fourth-order valence-electron chi connectivity index (χ4n) is 2.54. The molecule has 0 aliphatic rings. The summed E-state index contributed by atoms with van der Waals surface area (Å²) in [5.74, 6) is -1.63. The summed E-state index contributed by atoms with van der Waals surface area (Å²) >= 11 is 5.55. The number of nitrogens with one attached hydrogen (secondary N) is 1. The third kappa shape index (κ3) is 5.79. The van der Waals surface area contributed by atoms with Gasteiger partial charge in [-0.25, -0.2) is 9.78 Å². The van der Waals surface area contributed by atoms with E-state index >= 15 is 0 Å². The quantitative estimate of drug-likeness (QED) is 0.443. The molecule has 31 heavy (non-hydrogen) atoms. The molecule has 6 nitrogen and oxygen atoms in total. The average Bonchev–Trinajstić information content (AvgIpc) is 2.72. The van der Waals surface area contributed by atoms with Gasteiger partial charge < -0.3 is 10.1 Å². The molecule has 0 bridgehead atoms. The summed E-state index contributed by atoms with van der Waals surface area (Å²) < 4.78 is 43.8. The van der Waals surface area contributed by atoms with Crippen LogP contribution in [-0.2, 0) is 20.5 Å². The lowest BCUT2D eigenvalue weighted by Crippen LogP contribution is -2.29. The maximum Gasteiger partial charge on any atom is 0.417 e. The molecule has 0 spiro atoms. The van der Waals surface area contributed by atoms with Crippen molar-refractivity contribution in [1.82, 2.24) is 9.97 Å². The summed E-state index contributed by atoms with van der Waals surface area (Å²) in [5, 5.41) is 1.77. The van der Waals surface area contributed by atoms with Crippen molar-refractivity contribution >= 4 is 46.3 Å². The van der Waals surface area contributed by atoms with Crippen LogP contribution in [-0.4, -0.2) is 27.9 Å². The van der Waals surface area contributed by atoms with Crippen LogP contribution in [0.4, 0.5) is 18.9 Å². The van der Waals surface area contributed by atoms with E-state index in [4.69, 9.17) is 16.3 Å². The monoisotopic (exact) mass is 449 g/mol. The summed E-state index contributed by atoms with van der Waals surface area (Å²) in [6.45, 7) is 1.29. The highest BCUT2D eigenvalue weighted by atomic mass is 35.5. The molecule has 1 amide bonds. The Hall–Kier alpha value is -3.46. The van der Waals surface area contributed by atoms with E-state index in [1.165, 1.54) is 25.3 Å². The molecule has 1 aromatic heterocycles. The lowest BCUT2D eigenvalue weighted by atomic mass is 10.2. The number of alkyl halides is 3. The number of hydrogen-bond donors (Lipinski definition) is 1. The van der Waals surface area contributed by atoms with Gasteiger partial charge in [-0.05, 0) is 43.3 Å². The van der Waals surface area contributed by atoms with Gasteiger partial charge in [-0.1, -0.05) is 23.7 Å². The molecule has 160 valence electrons. The highest BCUT2D eigenvalue weighted by Gasteiger charge is 2.33. The largest absolute Gasteiger partial charge is 0.449 e. The van der Waals surface area contributed by atoms with Crippen molar-refractivity contribution in [2.75, 3.05) is 5.32 Å². The van der Waals surface area contributed by atoms with Crippen LogP contribution in [0.15, 0.2) is 54.7 Å². The van der Waals surface area contributed by atoms with E-state index in [0.717, 1.165) is 12.1 Å². The summed E-state index contributed by atoms with van der Waals surface area (Å²) in [6, 6.07) is 10.1. The van der Waals surface area contributed by atoms with Crippen molar-refractivity contribution in [3.8, 4) is 0 Å². The molecule has 0 saturated carbocycles. The van der Waals surface area contributed by atoms with Gasteiger partial charge in [0, 0.05) is 11.8 Å². The van der Waals surface area contributed by atoms with E-state index in [-0.39, 0.29) is 5.69 Å². The van der Waals surface area contributed by atoms with Crippen molar-refractivity contribution in [3.63, 3.8) is 0 Å². The summed E-state index contributed by atoms with van der Waals surface area (Å²) in [7, 11) is 0. The summed E-state index contributed by atoms with van der Waals surface area (Å²) in [6.07, 6.45) is -2.01. The van der Waals surface area contributed by atoms with Crippen LogP contribution in [0.3, 0.4) is 0 Å². The maximum absolute atomic E-state index is 12.9. The molecule has 0 radical (unpaired) electrons. The first-order valence-corrected chi connectivity index (χ1v) is 9.29. The van der Waals surface area contributed by atoms with Gasteiger partial charge in [0.2, 0.25) is 0 Å². The zero-order valence-corrected chi connectivity index (χ0v) is 16.7. The number of ether oxygens (including phenoxy) is 1. The smallest absolute Gasteiger partial charge is 0.417 e. The predicted molar refractivity (Wildman–Crippen MR) is 109 cm³/mol. The van der Waals surface area contributed by atoms with Crippen molar-refractivity contribution in [2.45, 2.75) is 19.2 Å². The topological polar surface area (TPSA) is 81.2 Å². The van der Waals surface area contributed by atoms with E-state index in [1.54, 1.807) is 18.2 Å². The third-order valence-corrected chi connectivity index (χ3v) is 4.39. The number of anilines is 1. The minimum absolute atomic E-state index is 0.133. The molecule has 10 heteroatoms. The Labute approximate surface area is 179 Å². The SMILES string of the molecule is CC(OC(=O)/C=C/c1cnc2ccccc2n1)C(=O)Nc1ccc(Cl)c(C(F)(F)F)c1. The number of carbonyl (C=O) groups is 2. The first kappa shape index (κ1) is 22.2. The Balaban J connectivity index is 1.61. The van der Waals surface area contributed by atoms with Crippen molar-refractivity contribution in [2.24, 2.45) is 0 Å². The molecule has 0 aliphatic heterocycles. The van der Waals surface area contributed by atoms with E-state index < -0.39 is 34.7 Å². The van der Waals surface area contributed by atoms with Crippen LogP contribution in [0, 0.1) is 0 Å². The Morgan fingerprint density at radius 2 is 1.87 bits per heavy atom. The normalized spacial score (nSPS) is 12.7. The van der Waals surface area contributed by atoms with Gasteiger partial charge in [0.15, 0.2) is 6.10 Å². The van der Waals surface area contributed by atoms with Gasteiger partial charge in [0.05, 0.1) is 33.5 Å². The van der Waals surface area contributed by atoms with E-state index in [1.807, 2.05) is 6.07 Å². The number of esters is 1. The zero-order valence-electron chi connectivity index (χ0n) is 16.0. The molecule has 3 aromatic rings. The zero-order chi connectivity index (χ0) is 22.6. The molecule has 1 atom stereocenters. The van der Waals surface area contributed by atoms with E-state index in [2.05, 4.69) is 15.3 Å². The second-order valence-electron chi connectivity index (χ2n) is 6.38. The van der Waals surface area contributed by atoms with Gasteiger partial charge in [0.25, 0.3) is 5.91 Å². The molecule has 1 unspecified atom stereocenters. The molecule has 2 aromatic carbocycles. The highest BCUT2D eigenvalue weighted by Crippen LogP contribution is 2.36. The van der Waals surface area contributed by atoms with Gasteiger partial charge in [-0.2, -0.15) is 13.2 Å². The minimum atomic E-state index is -4.67. The fourth-order valence-corrected chi connectivity index (χ4v) is 2.76. The number of para-hydroxylation sites is 2. The maximum atomic E-state index is 12.9. The minimum Gasteiger partial charge on any atom is -0.449 e. The third-order valence-electron chi connectivity index (χ3n) is 4.06. The Morgan fingerprint density at radius 3 is 2.58 bits per heavy atom. The number of fused-ring (bicyclic) bond motifs is 1. The summed E-state index contributed by atoms with van der Waals surface area (Å²) in [4.78, 5) is 32.7. The number of amides is 1. The molecular weight excluding hydrogens is 435 g/mol. The van der Waals surface area contributed by atoms with Crippen LogP contribution in [0.1, 0.15) is 18.2 Å². The number of aromatic nitrogens is 2. The number of benzene rings is 2. The van der Waals surface area contributed by atoms with Crippen LogP contribution in [0.5, 0.6) is 0 Å². The lowest BCUT2D eigenvalue weighted by molar-refractivity contribution is -0.148. The number of rotatable bonds is 5.